The summed E-state index contributed by atoms with van der Waals surface area (Å²) in [5.74, 6) is -0.511. The molecule has 0 saturated heterocycles. The van der Waals surface area contributed by atoms with Crippen molar-refractivity contribution in [3.63, 3.8) is 0 Å². The summed E-state index contributed by atoms with van der Waals surface area (Å²) in [5, 5.41) is 3.43. The molecule has 0 aliphatic rings. The molecule has 0 atom stereocenters. The number of benzene rings is 3. The van der Waals surface area contributed by atoms with Gasteiger partial charge in [0.1, 0.15) is 17.2 Å². The Hall–Kier alpha value is -5.23. The van der Waals surface area contributed by atoms with Crippen LogP contribution < -0.4 is 15.2 Å². The second-order valence-corrected chi connectivity index (χ2v) is 13.0. The molecule has 10 nitrogen and oxygen atoms in total. The molecule has 1 N–H and O–H groups in total. The van der Waals surface area contributed by atoms with Crippen molar-refractivity contribution in [3.8, 4) is 34.0 Å². The minimum atomic E-state index is -3.78. The highest BCUT2D eigenvalue weighted by Crippen LogP contribution is 2.41. The first-order valence-electron chi connectivity index (χ1n) is 14.0. The Morgan fingerprint density at radius 2 is 1.76 bits per heavy atom. The number of furan rings is 1. The predicted octanol–water partition coefficient (Wildman–Crippen LogP) is 5.22. The highest BCUT2D eigenvalue weighted by atomic mass is 32.2. The molecule has 230 valence electrons. The second kappa shape index (κ2) is 10.7. The third-order valence-electron chi connectivity index (χ3n) is 8.03. The molecule has 0 fully saturated rings. The second-order valence-electron chi connectivity index (χ2n) is 11.0. The van der Waals surface area contributed by atoms with Crippen LogP contribution in [0.4, 0.5) is 10.1 Å². The minimum absolute atomic E-state index is 0.0419. The molecule has 6 rings (SSSR count). The number of amides is 1. The first-order chi connectivity index (χ1) is 21.3. The standard InChI is InChI=1S/C33H30FN5O5S/c1-18-10-12-19(13-11-18)31-29(32(40)35-2)22-14-21(26(16-28(22)44-31)39(5)45(6,42)43)24-17-37(3)33(41)30(36-24)27-15-20-23(34)8-7-9-25(20)38(27)4/h7-17H,1-6H3,(H,35,40). The van der Waals surface area contributed by atoms with Gasteiger partial charge < -0.3 is 18.9 Å². The first-order valence-corrected chi connectivity index (χ1v) is 15.8. The van der Waals surface area contributed by atoms with Gasteiger partial charge >= 0.3 is 0 Å². The first kappa shape index (κ1) is 29.8. The van der Waals surface area contributed by atoms with Gasteiger partial charge in [-0.2, -0.15) is 0 Å². The van der Waals surface area contributed by atoms with Gasteiger partial charge in [0.05, 0.1) is 34.4 Å². The summed E-state index contributed by atoms with van der Waals surface area (Å²) in [7, 11) is 2.41. The number of halogens is 1. The lowest BCUT2D eigenvalue weighted by molar-refractivity contribution is 0.0964. The van der Waals surface area contributed by atoms with Crippen LogP contribution in [0.3, 0.4) is 0 Å². The molecule has 12 heteroatoms. The lowest BCUT2D eigenvalue weighted by Gasteiger charge is -2.21. The van der Waals surface area contributed by atoms with Crippen LogP contribution in [-0.2, 0) is 24.1 Å². The zero-order valence-corrected chi connectivity index (χ0v) is 26.3. The highest BCUT2D eigenvalue weighted by Gasteiger charge is 2.27. The summed E-state index contributed by atoms with van der Waals surface area (Å²) in [4.78, 5) is 31.5. The number of aromatic nitrogens is 3. The third-order valence-corrected chi connectivity index (χ3v) is 9.23. The molecule has 1 amide bonds. The summed E-state index contributed by atoms with van der Waals surface area (Å²) in [6, 6.07) is 16.9. The average Bonchev–Trinajstić information content (AvgIpc) is 3.55. The van der Waals surface area contributed by atoms with Gasteiger partial charge in [-0.3, -0.25) is 13.9 Å². The van der Waals surface area contributed by atoms with Crippen molar-refractivity contribution in [1.82, 2.24) is 19.4 Å². The molecule has 0 spiro atoms. The molecule has 0 saturated carbocycles. The van der Waals surface area contributed by atoms with Crippen molar-refractivity contribution in [2.24, 2.45) is 14.1 Å². The fraction of sp³-hybridized carbons (Fsp3) is 0.182. The van der Waals surface area contributed by atoms with Crippen molar-refractivity contribution >= 4 is 43.5 Å². The zero-order valence-electron chi connectivity index (χ0n) is 25.5. The molecular weight excluding hydrogens is 597 g/mol. The summed E-state index contributed by atoms with van der Waals surface area (Å²) in [6.07, 6.45) is 2.57. The van der Waals surface area contributed by atoms with Crippen molar-refractivity contribution < 1.29 is 22.0 Å². The van der Waals surface area contributed by atoms with Crippen molar-refractivity contribution in [2.75, 3.05) is 24.7 Å². The molecule has 3 aromatic heterocycles. The van der Waals surface area contributed by atoms with Crippen LogP contribution in [0.2, 0.25) is 0 Å². The number of anilines is 1. The largest absolute Gasteiger partial charge is 0.455 e. The normalized spacial score (nSPS) is 11.8. The zero-order chi connectivity index (χ0) is 32.4. The molecule has 6 aromatic rings. The van der Waals surface area contributed by atoms with Crippen molar-refractivity contribution in [2.45, 2.75) is 6.92 Å². The van der Waals surface area contributed by atoms with E-state index in [-0.39, 0.29) is 28.2 Å². The van der Waals surface area contributed by atoms with Crippen LogP contribution in [0, 0.1) is 12.7 Å². The lowest BCUT2D eigenvalue weighted by Crippen LogP contribution is -2.26. The number of carbonyl (C=O) groups is 1. The number of aryl methyl sites for hydroxylation is 3. The van der Waals surface area contributed by atoms with Gasteiger partial charge in [0, 0.05) is 62.4 Å². The van der Waals surface area contributed by atoms with E-state index in [1.807, 2.05) is 31.2 Å². The molecule has 0 radical (unpaired) electrons. The van der Waals surface area contributed by atoms with E-state index in [2.05, 4.69) is 5.32 Å². The minimum Gasteiger partial charge on any atom is -0.455 e. The van der Waals surface area contributed by atoms with Gasteiger partial charge in [0.15, 0.2) is 5.69 Å². The van der Waals surface area contributed by atoms with Crippen molar-refractivity contribution in [1.29, 1.82) is 0 Å². The topological polar surface area (TPSA) is 119 Å². The van der Waals surface area contributed by atoms with Gasteiger partial charge in [-0.1, -0.05) is 35.9 Å². The molecule has 0 unspecified atom stereocenters. The van der Waals surface area contributed by atoms with Gasteiger partial charge in [-0.25, -0.2) is 17.8 Å². The lowest BCUT2D eigenvalue weighted by atomic mass is 10.0. The molecule has 0 bridgehead atoms. The Morgan fingerprint density at radius 1 is 1.04 bits per heavy atom. The van der Waals surface area contributed by atoms with E-state index in [1.54, 1.807) is 49.0 Å². The summed E-state index contributed by atoms with van der Waals surface area (Å²) < 4.78 is 50.7. The number of nitrogens with zero attached hydrogens (tertiary/aromatic N) is 4. The molecule has 0 aliphatic carbocycles. The Kier molecular flexibility index (Phi) is 7.12. The van der Waals surface area contributed by atoms with Crippen LogP contribution in [0.5, 0.6) is 0 Å². The van der Waals surface area contributed by atoms with Crippen LogP contribution in [0.1, 0.15) is 15.9 Å². The van der Waals surface area contributed by atoms with Crippen molar-refractivity contribution in [3.05, 3.63) is 94.2 Å². The smallest absolute Gasteiger partial charge is 0.278 e. The quantitative estimate of drug-likeness (QED) is 0.270. The summed E-state index contributed by atoms with van der Waals surface area (Å²) >= 11 is 0. The number of hydrogen-bond acceptors (Lipinski definition) is 6. The van der Waals surface area contributed by atoms with Crippen LogP contribution in [0.15, 0.2) is 76.1 Å². The number of nitrogens with one attached hydrogen (secondary N) is 1. The number of carbonyl (C=O) groups excluding carboxylic acids is 1. The SMILES string of the molecule is CNC(=O)c1c(-c2ccc(C)cc2)oc2cc(N(C)S(C)(=O)=O)c(-c3cn(C)c(=O)c(-c4cc5c(F)cccc5n4C)n3)cc12. The van der Waals surface area contributed by atoms with Gasteiger partial charge in [-0.05, 0) is 31.2 Å². The van der Waals surface area contributed by atoms with E-state index in [0.717, 1.165) is 16.1 Å². The fourth-order valence-corrected chi connectivity index (χ4v) is 6.00. The maximum absolute atomic E-state index is 14.7. The Labute approximate surface area is 258 Å². The molecule has 3 aromatic carbocycles. The molecular formula is C33H30FN5O5S. The Morgan fingerprint density at radius 3 is 2.40 bits per heavy atom. The Bertz CT molecular complexity index is 2340. The Balaban J connectivity index is 1.68. The predicted molar refractivity (Wildman–Crippen MR) is 173 cm³/mol. The van der Waals surface area contributed by atoms with E-state index in [9.17, 15) is 22.4 Å². The van der Waals surface area contributed by atoms with Gasteiger partial charge in [0.2, 0.25) is 10.0 Å². The highest BCUT2D eigenvalue weighted by molar-refractivity contribution is 7.92. The van der Waals surface area contributed by atoms with E-state index in [1.165, 1.54) is 30.9 Å². The number of fused-ring (bicyclic) bond motifs is 2. The van der Waals surface area contributed by atoms with Gasteiger partial charge in [0.25, 0.3) is 11.5 Å². The maximum atomic E-state index is 14.7. The maximum Gasteiger partial charge on any atom is 0.278 e. The van der Waals surface area contributed by atoms with E-state index in [0.29, 0.717) is 38.9 Å². The fourth-order valence-electron chi connectivity index (χ4n) is 5.49. The van der Waals surface area contributed by atoms with E-state index >= 15 is 0 Å². The number of hydrogen-bond donors (Lipinski definition) is 1. The monoisotopic (exact) mass is 627 g/mol. The van der Waals surface area contributed by atoms with E-state index < -0.39 is 27.3 Å². The van der Waals surface area contributed by atoms with Crippen LogP contribution in [0.25, 0.3) is 55.8 Å². The van der Waals surface area contributed by atoms with Crippen LogP contribution in [-0.4, -0.2) is 48.8 Å². The summed E-state index contributed by atoms with van der Waals surface area (Å²) in [6.45, 7) is 1.95. The van der Waals surface area contributed by atoms with Crippen LogP contribution >= 0.6 is 0 Å². The third kappa shape index (κ3) is 4.96. The number of sulfonamides is 1. The molecule has 0 aliphatic heterocycles. The average molecular weight is 628 g/mol. The summed E-state index contributed by atoms with van der Waals surface area (Å²) in [5.41, 5.74) is 3.63. The molecule has 3 heterocycles. The number of rotatable bonds is 6. The van der Waals surface area contributed by atoms with Gasteiger partial charge in [-0.15, -0.1) is 0 Å². The molecule has 45 heavy (non-hydrogen) atoms. The van der Waals surface area contributed by atoms with E-state index in [4.69, 9.17) is 9.40 Å².